The summed E-state index contributed by atoms with van der Waals surface area (Å²) in [7, 11) is 0. The molecule has 1 heterocycles. The number of carboxylic acids is 1. The van der Waals surface area contributed by atoms with Crippen LogP contribution in [0.25, 0.3) is 6.08 Å². The van der Waals surface area contributed by atoms with Crippen LogP contribution < -0.4 is 0 Å². The van der Waals surface area contributed by atoms with E-state index in [0.29, 0.717) is 15.8 Å². The van der Waals surface area contributed by atoms with Gasteiger partial charge in [-0.25, -0.2) is 9.79 Å². The molecule has 1 amide bonds. The lowest BCUT2D eigenvalue weighted by molar-refractivity contribution is -0.124. The van der Waals surface area contributed by atoms with E-state index in [4.69, 9.17) is 4.99 Å². The lowest BCUT2D eigenvalue weighted by atomic mass is 9.94. The van der Waals surface area contributed by atoms with Gasteiger partial charge in [-0.15, -0.1) is 0 Å². The fourth-order valence-electron chi connectivity index (χ4n) is 3.93. The number of carbonyl (C=O) groups excluding carboxylic acids is 1. The van der Waals surface area contributed by atoms with Crippen LogP contribution in [0.1, 0.15) is 53.6 Å². The van der Waals surface area contributed by atoms with Crippen molar-refractivity contribution in [1.29, 1.82) is 0 Å². The molecule has 2 fully saturated rings. The molecule has 2 aliphatic rings. The number of carboxylic acid groups (broad SMARTS) is 1. The molecule has 30 heavy (non-hydrogen) atoms. The van der Waals surface area contributed by atoms with E-state index in [1.165, 1.54) is 18.2 Å². The van der Waals surface area contributed by atoms with Crippen LogP contribution in [0.3, 0.4) is 0 Å². The second kappa shape index (κ2) is 8.88. The monoisotopic (exact) mass is 420 g/mol. The first-order valence-electron chi connectivity index (χ1n) is 10.2. The largest absolute Gasteiger partial charge is 0.478 e. The molecule has 154 valence electrons. The molecule has 1 aliphatic carbocycles. The average molecular weight is 421 g/mol. The molecule has 0 unspecified atom stereocenters. The Morgan fingerprint density at radius 1 is 1.13 bits per heavy atom. The van der Waals surface area contributed by atoms with E-state index in [1.54, 1.807) is 24.3 Å². The first-order chi connectivity index (χ1) is 14.5. The molecule has 0 atom stereocenters. The maximum Gasteiger partial charge on any atom is 0.335 e. The number of rotatable bonds is 4. The van der Waals surface area contributed by atoms with E-state index in [2.05, 4.69) is 0 Å². The summed E-state index contributed by atoms with van der Waals surface area (Å²) < 4.78 is 0. The summed E-state index contributed by atoms with van der Waals surface area (Å²) in [4.78, 5) is 31.9. The number of aromatic carboxylic acids is 1. The van der Waals surface area contributed by atoms with E-state index in [9.17, 15) is 14.7 Å². The predicted octanol–water partition coefficient (Wildman–Crippen LogP) is 5.63. The Labute approximate surface area is 180 Å². The molecule has 1 N–H and O–H groups in total. The maximum absolute atomic E-state index is 13.4. The number of benzene rings is 2. The number of hydrogen-bond acceptors (Lipinski definition) is 4. The highest BCUT2D eigenvalue weighted by atomic mass is 32.2. The summed E-state index contributed by atoms with van der Waals surface area (Å²) in [5, 5.41) is 9.91. The van der Waals surface area contributed by atoms with Gasteiger partial charge >= 0.3 is 5.97 Å². The first kappa shape index (κ1) is 20.4. The molecule has 2 aromatic carbocycles. The fraction of sp³-hybridized carbons (Fsp3) is 0.292. The average Bonchev–Trinajstić information content (AvgIpc) is 3.05. The second-order valence-electron chi connectivity index (χ2n) is 7.68. The highest BCUT2D eigenvalue weighted by molar-refractivity contribution is 8.18. The van der Waals surface area contributed by atoms with Crippen LogP contribution in [-0.2, 0) is 4.79 Å². The normalized spacial score (nSPS) is 20.3. The smallest absolute Gasteiger partial charge is 0.335 e. The zero-order valence-corrected chi connectivity index (χ0v) is 17.7. The fourth-order valence-corrected chi connectivity index (χ4v) is 4.98. The molecule has 5 nitrogen and oxygen atoms in total. The van der Waals surface area contributed by atoms with E-state index < -0.39 is 5.97 Å². The van der Waals surface area contributed by atoms with Crippen molar-refractivity contribution in [3.05, 3.63) is 70.1 Å². The van der Waals surface area contributed by atoms with Crippen molar-refractivity contribution in [2.75, 3.05) is 0 Å². The Balaban J connectivity index is 1.73. The first-order valence-corrected chi connectivity index (χ1v) is 11.1. The third-order valence-electron chi connectivity index (χ3n) is 5.57. The van der Waals surface area contributed by atoms with Gasteiger partial charge in [0.1, 0.15) is 0 Å². The standard InChI is InChI=1S/C24H24N2O3S/c1-16-8-5-6-9-17(16)15-21-22(27)26(20-12-3-2-4-13-20)24(30-21)25-19-11-7-10-18(14-19)23(28)29/h5-11,14-15,20H,2-4,12-13H2,1H3,(H,28,29)/b21-15-,25-24?. The van der Waals surface area contributed by atoms with Gasteiger partial charge in [-0.1, -0.05) is 49.6 Å². The number of carbonyl (C=O) groups is 2. The molecule has 0 spiro atoms. The Bertz CT molecular complexity index is 1040. The van der Waals surface area contributed by atoms with Crippen molar-refractivity contribution in [1.82, 2.24) is 4.90 Å². The summed E-state index contributed by atoms with van der Waals surface area (Å²) in [6.45, 7) is 2.03. The van der Waals surface area contributed by atoms with Crippen LogP contribution in [0, 0.1) is 6.92 Å². The topological polar surface area (TPSA) is 70.0 Å². The molecule has 0 bridgehead atoms. The lowest BCUT2D eigenvalue weighted by Gasteiger charge is -2.30. The summed E-state index contributed by atoms with van der Waals surface area (Å²) in [6.07, 6.45) is 7.30. The van der Waals surface area contributed by atoms with Crippen LogP contribution in [0.5, 0.6) is 0 Å². The minimum absolute atomic E-state index is 0.0108. The van der Waals surface area contributed by atoms with E-state index >= 15 is 0 Å². The highest BCUT2D eigenvalue weighted by Gasteiger charge is 2.38. The minimum Gasteiger partial charge on any atom is -0.478 e. The number of thioether (sulfide) groups is 1. The van der Waals surface area contributed by atoms with E-state index in [-0.39, 0.29) is 17.5 Å². The van der Waals surface area contributed by atoms with Crippen molar-refractivity contribution < 1.29 is 14.7 Å². The number of amides is 1. The van der Waals surface area contributed by atoms with Gasteiger partial charge in [-0.2, -0.15) is 0 Å². The minimum atomic E-state index is -0.989. The zero-order chi connectivity index (χ0) is 21.1. The second-order valence-corrected chi connectivity index (χ2v) is 8.69. The maximum atomic E-state index is 13.4. The van der Waals surface area contributed by atoms with Crippen molar-refractivity contribution >= 4 is 40.6 Å². The Morgan fingerprint density at radius 2 is 1.90 bits per heavy atom. The predicted molar refractivity (Wildman–Crippen MR) is 121 cm³/mol. The number of amidine groups is 1. The van der Waals surface area contributed by atoms with Gasteiger partial charge in [-0.05, 0) is 66.9 Å². The number of aryl methyl sites for hydroxylation is 1. The van der Waals surface area contributed by atoms with Gasteiger partial charge in [-0.3, -0.25) is 9.69 Å². The van der Waals surface area contributed by atoms with Gasteiger partial charge in [0.25, 0.3) is 5.91 Å². The quantitative estimate of drug-likeness (QED) is 0.651. The molecule has 6 heteroatoms. The summed E-state index contributed by atoms with van der Waals surface area (Å²) in [5.74, 6) is -1.00. The van der Waals surface area contributed by atoms with Crippen LogP contribution in [0.4, 0.5) is 5.69 Å². The van der Waals surface area contributed by atoms with Gasteiger partial charge in [0, 0.05) is 6.04 Å². The summed E-state index contributed by atoms with van der Waals surface area (Å²) in [5.41, 5.74) is 2.86. The molecule has 2 aromatic rings. The van der Waals surface area contributed by atoms with Gasteiger partial charge < -0.3 is 5.11 Å². The van der Waals surface area contributed by atoms with E-state index in [1.807, 2.05) is 42.2 Å². The molecule has 1 saturated carbocycles. The molecule has 4 rings (SSSR count). The van der Waals surface area contributed by atoms with Crippen molar-refractivity contribution in [3.8, 4) is 0 Å². The Kier molecular flexibility index (Phi) is 6.04. The molecule has 0 radical (unpaired) electrons. The van der Waals surface area contributed by atoms with Crippen LogP contribution >= 0.6 is 11.8 Å². The molecule has 1 aliphatic heterocycles. The van der Waals surface area contributed by atoms with Crippen molar-refractivity contribution in [2.45, 2.75) is 45.1 Å². The van der Waals surface area contributed by atoms with Crippen molar-refractivity contribution in [3.63, 3.8) is 0 Å². The van der Waals surface area contributed by atoms with Crippen LogP contribution in [-0.4, -0.2) is 33.1 Å². The third kappa shape index (κ3) is 4.33. The van der Waals surface area contributed by atoms with Gasteiger partial charge in [0.05, 0.1) is 16.2 Å². The summed E-state index contributed by atoms with van der Waals surface area (Å²) >= 11 is 1.37. The molecular weight excluding hydrogens is 396 g/mol. The Morgan fingerprint density at radius 3 is 2.63 bits per heavy atom. The van der Waals surface area contributed by atoms with Gasteiger partial charge in [0.2, 0.25) is 0 Å². The molecule has 1 saturated heterocycles. The SMILES string of the molecule is Cc1ccccc1/C=C1\SC(=Nc2cccc(C(=O)O)c2)N(C2CCCCC2)C1=O. The summed E-state index contributed by atoms with van der Waals surface area (Å²) in [6, 6.07) is 14.7. The number of hydrogen-bond donors (Lipinski definition) is 1. The van der Waals surface area contributed by atoms with Crippen LogP contribution in [0.15, 0.2) is 58.4 Å². The zero-order valence-electron chi connectivity index (χ0n) is 16.9. The number of nitrogens with zero attached hydrogens (tertiary/aromatic N) is 2. The van der Waals surface area contributed by atoms with Gasteiger partial charge in [0.15, 0.2) is 5.17 Å². The Hall–Kier alpha value is -2.86. The molecule has 0 aromatic heterocycles. The van der Waals surface area contributed by atoms with Crippen molar-refractivity contribution in [2.24, 2.45) is 4.99 Å². The highest BCUT2D eigenvalue weighted by Crippen LogP contribution is 2.38. The van der Waals surface area contributed by atoms with Crippen LogP contribution in [0.2, 0.25) is 0 Å². The number of aliphatic imine (C=N–C) groups is 1. The van der Waals surface area contributed by atoms with E-state index in [0.717, 1.165) is 36.8 Å². The third-order valence-corrected chi connectivity index (χ3v) is 6.55. The molecular formula is C24H24N2O3S. The lowest BCUT2D eigenvalue weighted by Crippen LogP contribution is -2.40.